The second-order valence-electron chi connectivity index (χ2n) is 6.35. The number of thiophene rings is 1. The molecule has 0 aliphatic carbocycles. The van der Waals surface area contributed by atoms with Gasteiger partial charge in [-0.2, -0.15) is 11.3 Å². The molecule has 3 heterocycles. The summed E-state index contributed by atoms with van der Waals surface area (Å²) in [5, 5.41) is 11.1. The topological polar surface area (TPSA) is 61.8 Å². The van der Waals surface area contributed by atoms with Gasteiger partial charge in [0, 0.05) is 45.0 Å². The number of hydrogen-bond acceptors (Lipinski definition) is 5. The minimum absolute atomic E-state index is 0.446. The fourth-order valence-electron chi connectivity index (χ4n) is 2.95. The second-order valence-corrected chi connectivity index (χ2v) is 7.13. The van der Waals surface area contributed by atoms with Gasteiger partial charge in [0.05, 0.1) is 13.2 Å². The van der Waals surface area contributed by atoms with E-state index in [0.717, 1.165) is 44.6 Å². The number of hydrogen-bond donors (Lipinski definition) is 2. The molecule has 2 aromatic rings. The van der Waals surface area contributed by atoms with Gasteiger partial charge in [-0.15, -0.1) is 0 Å². The number of aliphatic imine (C=N–C) groups is 1. The Labute approximate surface area is 159 Å². The summed E-state index contributed by atoms with van der Waals surface area (Å²) in [6.07, 6.45) is 1.85. The van der Waals surface area contributed by atoms with Gasteiger partial charge in [-0.05, 0) is 34.4 Å². The van der Waals surface area contributed by atoms with Gasteiger partial charge in [0.25, 0.3) is 0 Å². The lowest BCUT2D eigenvalue weighted by molar-refractivity contribution is 0.122. The van der Waals surface area contributed by atoms with E-state index < -0.39 is 0 Å². The molecule has 3 rings (SSSR count). The zero-order valence-corrected chi connectivity index (χ0v) is 16.3. The first-order valence-corrected chi connectivity index (χ1v) is 9.95. The highest BCUT2D eigenvalue weighted by Gasteiger charge is 2.16. The van der Waals surface area contributed by atoms with E-state index in [9.17, 15) is 0 Å². The van der Waals surface area contributed by atoms with Gasteiger partial charge in [-0.25, -0.2) is 4.98 Å². The molecule has 26 heavy (non-hydrogen) atoms. The highest BCUT2D eigenvalue weighted by Crippen LogP contribution is 2.19. The van der Waals surface area contributed by atoms with Crippen molar-refractivity contribution in [2.24, 2.45) is 4.99 Å². The maximum absolute atomic E-state index is 5.45. The standard InChI is InChI=1S/C19H27N5OS/c1-15(17-5-11-26-14-17)12-22-19(20-2)23-13-16-4-3-6-21-18(16)24-7-9-25-10-8-24/h3-6,11,14-15H,7-10,12-13H2,1-2H3,(H2,20,22,23). The average molecular weight is 374 g/mol. The summed E-state index contributed by atoms with van der Waals surface area (Å²) in [5.74, 6) is 2.29. The molecular weight excluding hydrogens is 346 g/mol. The Morgan fingerprint density at radius 3 is 2.92 bits per heavy atom. The fourth-order valence-corrected chi connectivity index (χ4v) is 3.73. The van der Waals surface area contributed by atoms with Crippen molar-refractivity contribution in [1.29, 1.82) is 0 Å². The van der Waals surface area contributed by atoms with Crippen molar-refractivity contribution in [3.63, 3.8) is 0 Å². The van der Waals surface area contributed by atoms with E-state index in [-0.39, 0.29) is 0 Å². The molecule has 1 atom stereocenters. The SMILES string of the molecule is CN=C(NCc1cccnc1N1CCOCC1)NCC(C)c1ccsc1. The van der Waals surface area contributed by atoms with Crippen LogP contribution in [0.1, 0.15) is 24.0 Å². The molecule has 140 valence electrons. The lowest BCUT2D eigenvalue weighted by atomic mass is 10.1. The van der Waals surface area contributed by atoms with Crippen molar-refractivity contribution >= 4 is 23.1 Å². The van der Waals surface area contributed by atoms with Crippen LogP contribution in [0.5, 0.6) is 0 Å². The Hall–Kier alpha value is -2.12. The Morgan fingerprint density at radius 1 is 1.35 bits per heavy atom. The third kappa shape index (κ3) is 4.95. The molecule has 7 heteroatoms. The molecule has 0 spiro atoms. The molecule has 1 aliphatic rings. The van der Waals surface area contributed by atoms with Crippen LogP contribution in [0.4, 0.5) is 5.82 Å². The average Bonchev–Trinajstić information content (AvgIpc) is 3.24. The van der Waals surface area contributed by atoms with Crippen LogP contribution < -0.4 is 15.5 Å². The first kappa shape index (κ1) is 18.7. The van der Waals surface area contributed by atoms with E-state index in [1.54, 1.807) is 18.4 Å². The summed E-state index contributed by atoms with van der Waals surface area (Å²) >= 11 is 1.74. The molecule has 1 unspecified atom stereocenters. The molecule has 0 aromatic carbocycles. The molecule has 0 amide bonds. The molecular formula is C19H27N5OS. The van der Waals surface area contributed by atoms with E-state index in [4.69, 9.17) is 4.74 Å². The minimum atomic E-state index is 0.446. The molecule has 2 aromatic heterocycles. The van der Waals surface area contributed by atoms with Gasteiger partial charge >= 0.3 is 0 Å². The van der Waals surface area contributed by atoms with Crippen LogP contribution >= 0.6 is 11.3 Å². The third-order valence-corrected chi connectivity index (χ3v) is 5.24. The lowest BCUT2D eigenvalue weighted by Gasteiger charge is -2.29. The van der Waals surface area contributed by atoms with Crippen LogP contribution in [0.25, 0.3) is 0 Å². The van der Waals surface area contributed by atoms with Crippen molar-refractivity contribution in [2.45, 2.75) is 19.4 Å². The number of morpholine rings is 1. The predicted octanol–water partition coefficient (Wildman–Crippen LogP) is 2.45. The zero-order valence-electron chi connectivity index (χ0n) is 15.4. The van der Waals surface area contributed by atoms with Crippen molar-refractivity contribution < 1.29 is 4.74 Å². The highest BCUT2D eigenvalue weighted by atomic mass is 32.1. The van der Waals surface area contributed by atoms with Crippen LogP contribution in [0.3, 0.4) is 0 Å². The number of anilines is 1. The van der Waals surface area contributed by atoms with E-state index in [1.165, 1.54) is 11.1 Å². The molecule has 0 radical (unpaired) electrons. The summed E-state index contributed by atoms with van der Waals surface area (Å²) in [5.41, 5.74) is 2.53. The summed E-state index contributed by atoms with van der Waals surface area (Å²) in [4.78, 5) is 11.2. The number of nitrogens with one attached hydrogen (secondary N) is 2. The van der Waals surface area contributed by atoms with Crippen LogP contribution in [-0.4, -0.2) is 50.8 Å². The molecule has 1 aliphatic heterocycles. The Kier molecular flexibility index (Phi) is 6.85. The van der Waals surface area contributed by atoms with Crippen molar-refractivity contribution in [3.05, 3.63) is 46.3 Å². The van der Waals surface area contributed by atoms with E-state index in [1.807, 2.05) is 12.3 Å². The normalized spacial score (nSPS) is 16.4. The maximum atomic E-state index is 5.45. The summed E-state index contributed by atoms with van der Waals surface area (Å²) in [6, 6.07) is 6.28. The fraction of sp³-hybridized carbons (Fsp3) is 0.474. The summed E-state index contributed by atoms with van der Waals surface area (Å²) in [7, 11) is 1.80. The summed E-state index contributed by atoms with van der Waals surface area (Å²) < 4.78 is 5.45. The Morgan fingerprint density at radius 2 is 2.19 bits per heavy atom. The van der Waals surface area contributed by atoms with Crippen molar-refractivity contribution in [3.8, 4) is 0 Å². The van der Waals surface area contributed by atoms with Gasteiger partial charge in [0.1, 0.15) is 5.82 Å². The number of ether oxygens (including phenoxy) is 1. The molecule has 6 nitrogen and oxygen atoms in total. The number of guanidine groups is 1. The molecule has 1 fully saturated rings. The number of pyridine rings is 1. The number of aromatic nitrogens is 1. The van der Waals surface area contributed by atoms with E-state index in [0.29, 0.717) is 12.5 Å². The Balaban J connectivity index is 1.55. The van der Waals surface area contributed by atoms with Gasteiger partial charge in [0.15, 0.2) is 5.96 Å². The van der Waals surface area contributed by atoms with Gasteiger partial charge in [-0.1, -0.05) is 13.0 Å². The van der Waals surface area contributed by atoms with Gasteiger partial charge in [-0.3, -0.25) is 4.99 Å². The first-order chi connectivity index (χ1) is 12.8. The monoisotopic (exact) mass is 373 g/mol. The van der Waals surface area contributed by atoms with Crippen LogP contribution in [0.15, 0.2) is 40.1 Å². The zero-order chi connectivity index (χ0) is 18.2. The highest BCUT2D eigenvalue weighted by molar-refractivity contribution is 7.07. The van der Waals surface area contributed by atoms with Crippen molar-refractivity contribution in [2.75, 3.05) is 44.8 Å². The third-order valence-electron chi connectivity index (χ3n) is 4.54. The van der Waals surface area contributed by atoms with Crippen LogP contribution in [0, 0.1) is 0 Å². The predicted molar refractivity (Wildman–Crippen MR) is 108 cm³/mol. The van der Waals surface area contributed by atoms with Gasteiger partial charge in [0.2, 0.25) is 0 Å². The molecule has 0 saturated carbocycles. The Bertz CT molecular complexity index is 698. The smallest absolute Gasteiger partial charge is 0.191 e. The van der Waals surface area contributed by atoms with Crippen LogP contribution in [-0.2, 0) is 11.3 Å². The van der Waals surface area contributed by atoms with E-state index in [2.05, 4.69) is 55.3 Å². The first-order valence-electron chi connectivity index (χ1n) is 9.01. The number of rotatable bonds is 6. The van der Waals surface area contributed by atoms with Crippen LogP contribution in [0.2, 0.25) is 0 Å². The van der Waals surface area contributed by atoms with E-state index >= 15 is 0 Å². The second kappa shape index (κ2) is 9.54. The number of nitrogens with zero attached hydrogens (tertiary/aromatic N) is 3. The lowest BCUT2D eigenvalue weighted by Crippen LogP contribution is -2.40. The molecule has 0 bridgehead atoms. The molecule has 1 saturated heterocycles. The minimum Gasteiger partial charge on any atom is -0.378 e. The van der Waals surface area contributed by atoms with Gasteiger partial charge < -0.3 is 20.3 Å². The maximum Gasteiger partial charge on any atom is 0.191 e. The summed E-state index contributed by atoms with van der Waals surface area (Å²) in [6.45, 7) is 7.04. The molecule has 2 N–H and O–H groups in total. The quantitative estimate of drug-likeness (QED) is 0.602. The van der Waals surface area contributed by atoms with Crippen molar-refractivity contribution in [1.82, 2.24) is 15.6 Å². The largest absolute Gasteiger partial charge is 0.378 e.